The monoisotopic (exact) mass is 269 g/mol. The summed E-state index contributed by atoms with van der Waals surface area (Å²) < 4.78 is 0. The lowest BCUT2D eigenvalue weighted by Gasteiger charge is -2.20. The standard InChI is InChI=1S/C15H27NO3/c1-3-6-13(9-12-7-4-5-8-12)14(17)16-10-11(2)15(18)19/h11-13H,3-10H2,1-2H3,(H,16,17)(H,18,19). The molecule has 1 rings (SSSR count). The third-order valence-corrected chi connectivity index (χ3v) is 4.10. The first-order valence-corrected chi connectivity index (χ1v) is 7.55. The van der Waals surface area contributed by atoms with Crippen LogP contribution in [-0.2, 0) is 9.59 Å². The van der Waals surface area contributed by atoms with Gasteiger partial charge in [-0.25, -0.2) is 0 Å². The number of nitrogens with one attached hydrogen (secondary N) is 1. The molecule has 0 radical (unpaired) electrons. The second-order valence-electron chi connectivity index (χ2n) is 5.86. The molecule has 0 heterocycles. The predicted molar refractivity (Wildman–Crippen MR) is 74.8 cm³/mol. The van der Waals surface area contributed by atoms with Crippen LogP contribution in [0.3, 0.4) is 0 Å². The lowest BCUT2D eigenvalue weighted by molar-refractivity contribution is -0.141. The van der Waals surface area contributed by atoms with Crippen LogP contribution >= 0.6 is 0 Å². The van der Waals surface area contributed by atoms with Crippen LogP contribution in [0.2, 0.25) is 0 Å². The van der Waals surface area contributed by atoms with Crippen LogP contribution in [-0.4, -0.2) is 23.5 Å². The summed E-state index contributed by atoms with van der Waals surface area (Å²) in [5, 5.41) is 11.6. The molecule has 0 aromatic rings. The molecule has 1 amide bonds. The van der Waals surface area contributed by atoms with Crippen LogP contribution < -0.4 is 5.32 Å². The first kappa shape index (κ1) is 16.0. The molecule has 0 bridgehead atoms. The quantitative estimate of drug-likeness (QED) is 0.712. The Bertz CT molecular complexity index is 298. The van der Waals surface area contributed by atoms with Gasteiger partial charge in [-0.15, -0.1) is 0 Å². The van der Waals surface area contributed by atoms with E-state index in [-0.39, 0.29) is 18.4 Å². The van der Waals surface area contributed by atoms with Gasteiger partial charge in [0.2, 0.25) is 5.91 Å². The van der Waals surface area contributed by atoms with Crippen LogP contribution in [0, 0.1) is 17.8 Å². The third kappa shape index (κ3) is 5.62. The molecule has 1 aliphatic rings. The molecule has 19 heavy (non-hydrogen) atoms. The summed E-state index contributed by atoms with van der Waals surface area (Å²) in [4.78, 5) is 22.9. The van der Waals surface area contributed by atoms with Gasteiger partial charge in [-0.1, -0.05) is 46.0 Å². The van der Waals surface area contributed by atoms with E-state index in [2.05, 4.69) is 12.2 Å². The largest absolute Gasteiger partial charge is 0.481 e. The molecule has 0 aromatic carbocycles. The number of carbonyl (C=O) groups is 2. The second kappa shape index (κ2) is 8.18. The average Bonchev–Trinajstić information content (AvgIpc) is 2.87. The molecule has 110 valence electrons. The Morgan fingerprint density at radius 3 is 2.47 bits per heavy atom. The van der Waals surface area contributed by atoms with Crippen molar-refractivity contribution in [2.75, 3.05) is 6.54 Å². The van der Waals surface area contributed by atoms with Crippen LogP contribution in [0.15, 0.2) is 0 Å². The average molecular weight is 269 g/mol. The van der Waals surface area contributed by atoms with E-state index < -0.39 is 11.9 Å². The van der Waals surface area contributed by atoms with Crippen molar-refractivity contribution in [1.82, 2.24) is 5.32 Å². The van der Waals surface area contributed by atoms with Crippen molar-refractivity contribution in [2.45, 2.75) is 58.8 Å². The topological polar surface area (TPSA) is 66.4 Å². The molecular formula is C15H27NO3. The zero-order valence-electron chi connectivity index (χ0n) is 12.2. The van der Waals surface area contributed by atoms with Crippen LogP contribution in [0.25, 0.3) is 0 Å². The maximum atomic E-state index is 12.1. The zero-order chi connectivity index (χ0) is 14.3. The molecule has 4 nitrogen and oxygen atoms in total. The Labute approximate surface area is 116 Å². The maximum absolute atomic E-state index is 12.1. The molecule has 4 heteroatoms. The highest BCUT2D eigenvalue weighted by atomic mass is 16.4. The smallest absolute Gasteiger partial charge is 0.308 e. The SMILES string of the molecule is CCCC(CC1CCCC1)C(=O)NCC(C)C(=O)O. The highest BCUT2D eigenvalue weighted by molar-refractivity contribution is 5.79. The molecule has 0 aliphatic heterocycles. The van der Waals surface area contributed by atoms with Crippen molar-refractivity contribution in [3.63, 3.8) is 0 Å². The number of amides is 1. The van der Waals surface area contributed by atoms with Crippen molar-refractivity contribution in [3.8, 4) is 0 Å². The molecule has 2 N–H and O–H groups in total. The lowest BCUT2D eigenvalue weighted by atomic mass is 9.89. The Balaban J connectivity index is 2.40. The Hall–Kier alpha value is -1.06. The van der Waals surface area contributed by atoms with Gasteiger partial charge in [0, 0.05) is 12.5 Å². The summed E-state index contributed by atoms with van der Waals surface area (Å²) in [7, 11) is 0. The van der Waals surface area contributed by atoms with E-state index in [4.69, 9.17) is 5.11 Å². The van der Waals surface area contributed by atoms with Crippen LogP contribution in [0.5, 0.6) is 0 Å². The molecule has 0 saturated heterocycles. The van der Waals surface area contributed by atoms with Crippen molar-refractivity contribution < 1.29 is 14.7 Å². The highest BCUT2D eigenvalue weighted by Gasteiger charge is 2.25. The Morgan fingerprint density at radius 1 is 1.32 bits per heavy atom. The van der Waals surface area contributed by atoms with E-state index >= 15 is 0 Å². The fourth-order valence-corrected chi connectivity index (χ4v) is 2.84. The van der Waals surface area contributed by atoms with Crippen LogP contribution in [0.4, 0.5) is 0 Å². The molecule has 1 aliphatic carbocycles. The summed E-state index contributed by atoms with van der Waals surface area (Å²) in [6, 6.07) is 0. The number of hydrogen-bond donors (Lipinski definition) is 2. The third-order valence-electron chi connectivity index (χ3n) is 4.10. The minimum atomic E-state index is -0.858. The van der Waals surface area contributed by atoms with Crippen molar-refractivity contribution in [2.24, 2.45) is 17.8 Å². The zero-order valence-corrected chi connectivity index (χ0v) is 12.2. The predicted octanol–water partition coefficient (Wildman–Crippen LogP) is 2.82. The number of carbonyl (C=O) groups excluding carboxylic acids is 1. The Kier molecular flexibility index (Phi) is 6.89. The minimum absolute atomic E-state index is 0.0434. The summed E-state index contributed by atoms with van der Waals surface area (Å²) >= 11 is 0. The van der Waals surface area contributed by atoms with Gasteiger partial charge in [0.15, 0.2) is 0 Å². The van der Waals surface area contributed by atoms with Gasteiger partial charge >= 0.3 is 5.97 Å². The van der Waals surface area contributed by atoms with E-state index in [0.29, 0.717) is 5.92 Å². The number of carboxylic acids is 1. The molecular weight excluding hydrogens is 242 g/mol. The first-order chi connectivity index (χ1) is 9.04. The van der Waals surface area contributed by atoms with E-state index in [9.17, 15) is 9.59 Å². The van der Waals surface area contributed by atoms with Crippen molar-refractivity contribution in [1.29, 1.82) is 0 Å². The normalized spacial score (nSPS) is 19.1. The van der Waals surface area contributed by atoms with Gasteiger partial charge in [0.05, 0.1) is 5.92 Å². The molecule has 2 unspecified atom stereocenters. The fourth-order valence-electron chi connectivity index (χ4n) is 2.84. The molecule has 2 atom stereocenters. The van der Waals surface area contributed by atoms with Gasteiger partial charge in [0.25, 0.3) is 0 Å². The summed E-state index contributed by atoms with van der Waals surface area (Å²) in [6.07, 6.45) is 7.96. The number of hydrogen-bond acceptors (Lipinski definition) is 2. The van der Waals surface area contributed by atoms with E-state index in [1.807, 2.05) is 0 Å². The number of rotatable bonds is 8. The second-order valence-corrected chi connectivity index (χ2v) is 5.86. The number of aliphatic carboxylic acids is 1. The van der Waals surface area contributed by atoms with Gasteiger partial charge in [-0.2, -0.15) is 0 Å². The summed E-state index contributed by atoms with van der Waals surface area (Å²) in [5.41, 5.74) is 0. The Morgan fingerprint density at radius 2 is 1.95 bits per heavy atom. The van der Waals surface area contributed by atoms with Gasteiger partial charge < -0.3 is 10.4 Å². The van der Waals surface area contributed by atoms with Gasteiger partial charge in [0.1, 0.15) is 0 Å². The van der Waals surface area contributed by atoms with Gasteiger partial charge in [-0.3, -0.25) is 9.59 Å². The highest BCUT2D eigenvalue weighted by Crippen LogP contribution is 2.31. The minimum Gasteiger partial charge on any atom is -0.481 e. The molecule has 0 aromatic heterocycles. The molecule has 1 fully saturated rings. The molecule has 0 spiro atoms. The number of carboxylic acid groups (broad SMARTS) is 1. The lowest BCUT2D eigenvalue weighted by Crippen LogP contribution is -2.36. The van der Waals surface area contributed by atoms with Gasteiger partial charge in [-0.05, 0) is 18.8 Å². The first-order valence-electron chi connectivity index (χ1n) is 7.55. The van der Waals surface area contributed by atoms with Crippen LogP contribution in [0.1, 0.15) is 58.8 Å². The maximum Gasteiger partial charge on any atom is 0.308 e. The summed E-state index contributed by atoms with van der Waals surface area (Å²) in [5.74, 6) is -0.573. The summed E-state index contributed by atoms with van der Waals surface area (Å²) in [6.45, 7) is 3.95. The molecule has 1 saturated carbocycles. The van der Waals surface area contributed by atoms with E-state index in [1.165, 1.54) is 25.7 Å². The fraction of sp³-hybridized carbons (Fsp3) is 0.867. The van der Waals surface area contributed by atoms with Crippen molar-refractivity contribution >= 4 is 11.9 Å². The van der Waals surface area contributed by atoms with E-state index in [0.717, 1.165) is 19.3 Å². The van der Waals surface area contributed by atoms with E-state index in [1.54, 1.807) is 6.92 Å². The van der Waals surface area contributed by atoms with Crippen molar-refractivity contribution in [3.05, 3.63) is 0 Å².